The Balaban J connectivity index is 1.89. The number of aliphatic hydroxyl groups is 1. The normalized spacial score (nSPS) is 17.0. The van der Waals surface area contributed by atoms with Crippen molar-refractivity contribution in [2.24, 2.45) is 0 Å². The standard InChI is InChI=1S/C30H29ClN2O5/c1-17(34)32-21-11-13-22(14-12-21)33-26(18-6-9-20(10-7-18)30(2,3)4)25(28(36)29(33)37)27(35)19-8-15-23(31)24(16-19)38-5/h6-16,26,35H,1-5H3,(H,32,34)/b27-25-. The molecule has 1 saturated heterocycles. The molecule has 2 N–H and O–H groups in total. The van der Waals surface area contributed by atoms with Crippen LogP contribution in [0.15, 0.2) is 72.3 Å². The molecule has 0 aliphatic carbocycles. The van der Waals surface area contributed by atoms with Crippen molar-refractivity contribution in [3.63, 3.8) is 0 Å². The fourth-order valence-corrected chi connectivity index (χ4v) is 4.65. The summed E-state index contributed by atoms with van der Waals surface area (Å²) in [7, 11) is 1.45. The Morgan fingerprint density at radius 3 is 2.18 bits per heavy atom. The Labute approximate surface area is 226 Å². The molecule has 0 bridgehead atoms. The van der Waals surface area contributed by atoms with Crippen LogP contribution < -0.4 is 15.0 Å². The molecule has 2 amide bonds. The van der Waals surface area contributed by atoms with Crippen LogP contribution in [0.25, 0.3) is 5.76 Å². The number of carbonyl (C=O) groups excluding carboxylic acids is 3. The molecule has 3 aromatic carbocycles. The van der Waals surface area contributed by atoms with Crippen LogP contribution >= 0.6 is 11.6 Å². The van der Waals surface area contributed by atoms with Crippen LogP contribution in [0.3, 0.4) is 0 Å². The molecule has 1 aliphatic heterocycles. The predicted octanol–water partition coefficient (Wildman–Crippen LogP) is 6.23. The van der Waals surface area contributed by atoms with Gasteiger partial charge in [0.15, 0.2) is 0 Å². The van der Waals surface area contributed by atoms with Gasteiger partial charge in [0.1, 0.15) is 11.5 Å². The first-order valence-corrected chi connectivity index (χ1v) is 12.4. The monoisotopic (exact) mass is 532 g/mol. The molecule has 0 spiro atoms. The molecule has 38 heavy (non-hydrogen) atoms. The number of hydrogen-bond acceptors (Lipinski definition) is 5. The molecule has 1 fully saturated rings. The van der Waals surface area contributed by atoms with E-state index in [1.54, 1.807) is 36.4 Å². The lowest BCUT2D eigenvalue weighted by molar-refractivity contribution is -0.132. The third kappa shape index (κ3) is 5.15. The molecular weight excluding hydrogens is 504 g/mol. The zero-order chi connectivity index (χ0) is 27.8. The molecular formula is C30H29ClN2O5. The lowest BCUT2D eigenvalue weighted by Crippen LogP contribution is -2.29. The van der Waals surface area contributed by atoms with Gasteiger partial charge in [-0.15, -0.1) is 0 Å². The second-order valence-corrected chi connectivity index (χ2v) is 10.5. The van der Waals surface area contributed by atoms with E-state index in [0.717, 1.165) is 5.56 Å². The minimum Gasteiger partial charge on any atom is -0.507 e. The third-order valence-electron chi connectivity index (χ3n) is 6.43. The topological polar surface area (TPSA) is 95.9 Å². The molecule has 4 rings (SSSR count). The van der Waals surface area contributed by atoms with E-state index >= 15 is 0 Å². The van der Waals surface area contributed by atoms with E-state index in [1.165, 1.54) is 25.0 Å². The van der Waals surface area contributed by atoms with Crippen LogP contribution in [-0.2, 0) is 19.8 Å². The maximum atomic E-state index is 13.4. The van der Waals surface area contributed by atoms with E-state index in [4.69, 9.17) is 16.3 Å². The highest BCUT2D eigenvalue weighted by Crippen LogP contribution is 2.43. The average molecular weight is 533 g/mol. The van der Waals surface area contributed by atoms with Crippen molar-refractivity contribution in [2.75, 3.05) is 17.3 Å². The van der Waals surface area contributed by atoms with Crippen LogP contribution in [0.5, 0.6) is 5.75 Å². The van der Waals surface area contributed by atoms with Crippen molar-refractivity contribution in [2.45, 2.75) is 39.2 Å². The number of amides is 2. The Morgan fingerprint density at radius 1 is 1.00 bits per heavy atom. The van der Waals surface area contributed by atoms with Gasteiger partial charge >= 0.3 is 0 Å². The van der Waals surface area contributed by atoms with Gasteiger partial charge in [0, 0.05) is 23.9 Å². The molecule has 196 valence electrons. The molecule has 3 aromatic rings. The maximum absolute atomic E-state index is 13.4. The summed E-state index contributed by atoms with van der Waals surface area (Å²) >= 11 is 6.16. The highest BCUT2D eigenvalue weighted by atomic mass is 35.5. The van der Waals surface area contributed by atoms with Crippen molar-refractivity contribution >= 4 is 46.3 Å². The van der Waals surface area contributed by atoms with Gasteiger partial charge in [0.05, 0.1) is 23.7 Å². The van der Waals surface area contributed by atoms with E-state index in [2.05, 4.69) is 26.1 Å². The molecule has 1 heterocycles. The highest BCUT2D eigenvalue weighted by molar-refractivity contribution is 6.51. The van der Waals surface area contributed by atoms with Crippen molar-refractivity contribution in [1.82, 2.24) is 0 Å². The smallest absolute Gasteiger partial charge is 0.300 e. The number of Topliss-reactive ketones (excluding diaryl/α,β-unsaturated/α-hetero) is 1. The second kappa shape index (κ2) is 10.3. The molecule has 8 heteroatoms. The number of nitrogens with zero attached hydrogens (tertiary/aromatic N) is 1. The van der Waals surface area contributed by atoms with Crippen LogP contribution in [0.1, 0.15) is 50.4 Å². The average Bonchev–Trinajstić information content (AvgIpc) is 3.14. The quantitative estimate of drug-likeness (QED) is 0.231. The van der Waals surface area contributed by atoms with Crippen LogP contribution in [-0.4, -0.2) is 29.8 Å². The van der Waals surface area contributed by atoms with Crippen molar-refractivity contribution in [1.29, 1.82) is 0 Å². The number of ketones is 1. The number of carbonyl (C=O) groups is 3. The molecule has 0 saturated carbocycles. The van der Waals surface area contributed by atoms with E-state index in [0.29, 0.717) is 33.3 Å². The Kier molecular flexibility index (Phi) is 7.33. The second-order valence-electron chi connectivity index (χ2n) is 10.1. The van der Waals surface area contributed by atoms with Gasteiger partial charge in [-0.3, -0.25) is 19.3 Å². The molecule has 0 radical (unpaired) electrons. The van der Waals surface area contributed by atoms with Crippen LogP contribution in [0, 0.1) is 0 Å². The number of halogens is 1. The summed E-state index contributed by atoms with van der Waals surface area (Å²) in [5.74, 6) is -1.82. The van der Waals surface area contributed by atoms with E-state index in [9.17, 15) is 19.5 Å². The van der Waals surface area contributed by atoms with E-state index in [-0.39, 0.29) is 22.7 Å². The third-order valence-corrected chi connectivity index (χ3v) is 6.74. The number of hydrogen-bond donors (Lipinski definition) is 2. The van der Waals surface area contributed by atoms with Crippen molar-refractivity contribution < 1.29 is 24.2 Å². The van der Waals surface area contributed by atoms with Crippen LogP contribution in [0.4, 0.5) is 11.4 Å². The number of nitrogens with one attached hydrogen (secondary N) is 1. The molecule has 0 aromatic heterocycles. The van der Waals surface area contributed by atoms with Crippen LogP contribution in [0.2, 0.25) is 5.02 Å². The summed E-state index contributed by atoms with van der Waals surface area (Å²) in [5.41, 5.74) is 2.89. The minimum absolute atomic E-state index is 0.0474. The molecule has 1 aliphatic rings. The summed E-state index contributed by atoms with van der Waals surface area (Å²) in [4.78, 5) is 39.6. The van der Waals surface area contributed by atoms with E-state index in [1.807, 2.05) is 24.3 Å². The largest absolute Gasteiger partial charge is 0.507 e. The van der Waals surface area contributed by atoms with Gasteiger partial charge in [-0.05, 0) is 59.0 Å². The number of benzene rings is 3. The van der Waals surface area contributed by atoms with Crippen molar-refractivity contribution in [3.8, 4) is 5.75 Å². The predicted molar refractivity (Wildman–Crippen MR) is 149 cm³/mol. The lowest BCUT2D eigenvalue weighted by Gasteiger charge is -2.27. The van der Waals surface area contributed by atoms with Gasteiger partial charge in [0.25, 0.3) is 11.7 Å². The summed E-state index contributed by atoms with van der Waals surface area (Å²) in [5, 5.41) is 14.4. The van der Waals surface area contributed by atoms with E-state index < -0.39 is 17.7 Å². The number of methoxy groups -OCH3 is 1. The Morgan fingerprint density at radius 2 is 1.63 bits per heavy atom. The Bertz CT molecular complexity index is 1440. The highest BCUT2D eigenvalue weighted by Gasteiger charge is 2.47. The first-order chi connectivity index (χ1) is 17.9. The van der Waals surface area contributed by atoms with Gasteiger partial charge in [-0.2, -0.15) is 0 Å². The van der Waals surface area contributed by atoms with Gasteiger partial charge < -0.3 is 15.2 Å². The summed E-state index contributed by atoms with van der Waals surface area (Å²) < 4.78 is 5.27. The fraction of sp³-hybridized carbons (Fsp3) is 0.233. The molecule has 1 unspecified atom stereocenters. The summed E-state index contributed by atoms with van der Waals surface area (Å²) in [6.45, 7) is 7.69. The Hall–Kier alpha value is -4.10. The SMILES string of the molecule is COc1cc(/C(O)=C2/C(=O)C(=O)N(c3ccc(NC(C)=O)cc3)C2c2ccc(C(C)(C)C)cc2)ccc1Cl. The number of ether oxygens (including phenoxy) is 1. The lowest BCUT2D eigenvalue weighted by atomic mass is 9.85. The molecule has 1 atom stereocenters. The maximum Gasteiger partial charge on any atom is 0.300 e. The first kappa shape index (κ1) is 26.9. The summed E-state index contributed by atoms with van der Waals surface area (Å²) in [6.07, 6.45) is 0. The van der Waals surface area contributed by atoms with Gasteiger partial charge in [-0.25, -0.2) is 0 Å². The van der Waals surface area contributed by atoms with Gasteiger partial charge in [-0.1, -0.05) is 56.6 Å². The summed E-state index contributed by atoms with van der Waals surface area (Å²) in [6, 6.07) is 18.0. The first-order valence-electron chi connectivity index (χ1n) is 12.1. The zero-order valence-electron chi connectivity index (χ0n) is 21.8. The van der Waals surface area contributed by atoms with Crippen molar-refractivity contribution in [3.05, 3.63) is 94.0 Å². The van der Waals surface area contributed by atoms with Gasteiger partial charge in [0.2, 0.25) is 5.91 Å². The minimum atomic E-state index is -0.891. The molecule has 7 nitrogen and oxygen atoms in total. The zero-order valence-corrected chi connectivity index (χ0v) is 22.6. The number of anilines is 2. The number of rotatable bonds is 5. The number of aliphatic hydroxyl groups excluding tert-OH is 1. The fourth-order valence-electron chi connectivity index (χ4n) is 4.45.